The Bertz CT molecular complexity index is 879. The van der Waals surface area contributed by atoms with Crippen molar-refractivity contribution < 1.29 is 4.79 Å². The summed E-state index contributed by atoms with van der Waals surface area (Å²) in [5, 5.41) is 11.5. The van der Waals surface area contributed by atoms with E-state index in [4.69, 9.17) is 0 Å². The molecule has 0 aliphatic heterocycles. The highest BCUT2D eigenvalue weighted by Gasteiger charge is 2.10. The summed E-state index contributed by atoms with van der Waals surface area (Å²) in [6.45, 7) is 2.00. The zero-order valence-electron chi connectivity index (χ0n) is 14.0. The topological polar surface area (TPSA) is 85.6 Å². The lowest BCUT2D eigenvalue weighted by molar-refractivity contribution is 0.102. The third-order valence-electron chi connectivity index (χ3n) is 3.51. The molecule has 0 spiro atoms. The molecule has 0 aromatic carbocycles. The predicted octanol–water partition coefficient (Wildman–Crippen LogP) is 2.71. The van der Waals surface area contributed by atoms with E-state index >= 15 is 0 Å². The minimum Gasteiger partial charge on any atom is -0.312 e. The number of carbonyl (C=O) groups excluding carboxylic acids is 1. The molecule has 0 unspecified atom stereocenters. The Morgan fingerprint density at radius 3 is 2.96 bits per heavy atom. The lowest BCUT2D eigenvalue weighted by atomic mass is 10.2. The van der Waals surface area contributed by atoms with Crippen LogP contribution >= 0.6 is 11.8 Å². The first-order chi connectivity index (χ1) is 12.2. The van der Waals surface area contributed by atoms with Crippen LogP contribution in [0, 0.1) is 0 Å². The van der Waals surface area contributed by atoms with Crippen LogP contribution in [-0.4, -0.2) is 30.6 Å². The number of hydrogen-bond acceptors (Lipinski definition) is 6. The van der Waals surface area contributed by atoms with Crippen LogP contribution in [0.25, 0.3) is 0 Å². The third-order valence-corrected chi connectivity index (χ3v) is 4.61. The zero-order valence-corrected chi connectivity index (χ0v) is 14.8. The molecule has 0 aliphatic rings. The average Bonchev–Trinajstić information content (AvgIpc) is 3.05. The molecule has 25 heavy (non-hydrogen) atoms. The molecule has 0 saturated carbocycles. The zero-order chi connectivity index (χ0) is 17.6. The number of aromatic nitrogens is 5. The van der Waals surface area contributed by atoms with Crippen LogP contribution in [-0.2, 0) is 19.2 Å². The molecule has 0 saturated heterocycles. The SMILES string of the molecule is CCc1cccc(C(=O)Nc2cc(CSc3nncn3C)ccn2)n1. The molecule has 3 aromatic heterocycles. The molecule has 0 atom stereocenters. The molecule has 8 heteroatoms. The number of thioether (sulfide) groups is 1. The van der Waals surface area contributed by atoms with Crippen molar-refractivity contribution >= 4 is 23.5 Å². The highest BCUT2D eigenvalue weighted by Crippen LogP contribution is 2.21. The normalized spacial score (nSPS) is 10.6. The van der Waals surface area contributed by atoms with Gasteiger partial charge in [-0.05, 0) is 36.2 Å². The van der Waals surface area contributed by atoms with Gasteiger partial charge in [-0.3, -0.25) is 4.79 Å². The minimum absolute atomic E-state index is 0.263. The monoisotopic (exact) mass is 354 g/mol. The number of hydrogen-bond donors (Lipinski definition) is 1. The van der Waals surface area contributed by atoms with Gasteiger partial charge >= 0.3 is 0 Å². The summed E-state index contributed by atoms with van der Waals surface area (Å²) in [5.74, 6) is 0.951. The first-order valence-corrected chi connectivity index (χ1v) is 8.83. The number of carbonyl (C=O) groups is 1. The van der Waals surface area contributed by atoms with Gasteiger partial charge in [0.1, 0.15) is 17.8 Å². The van der Waals surface area contributed by atoms with Crippen LogP contribution in [0.4, 0.5) is 5.82 Å². The van der Waals surface area contributed by atoms with Crippen molar-refractivity contribution in [1.29, 1.82) is 0 Å². The van der Waals surface area contributed by atoms with Gasteiger partial charge in [0.25, 0.3) is 5.91 Å². The summed E-state index contributed by atoms with van der Waals surface area (Å²) < 4.78 is 1.86. The van der Waals surface area contributed by atoms with Crippen molar-refractivity contribution in [3.8, 4) is 0 Å². The Morgan fingerprint density at radius 1 is 1.32 bits per heavy atom. The Morgan fingerprint density at radius 2 is 2.20 bits per heavy atom. The van der Waals surface area contributed by atoms with Crippen LogP contribution in [0.1, 0.15) is 28.7 Å². The lowest BCUT2D eigenvalue weighted by Crippen LogP contribution is -2.15. The lowest BCUT2D eigenvalue weighted by Gasteiger charge is -2.07. The molecule has 1 amide bonds. The molecular formula is C17H18N6OS. The van der Waals surface area contributed by atoms with Gasteiger partial charge < -0.3 is 9.88 Å². The predicted molar refractivity (Wildman–Crippen MR) is 96.4 cm³/mol. The van der Waals surface area contributed by atoms with E-state index < -0.39 is 0 Å². The molecule has 3 heterocycles. The number of nitrogens with one attached hydrogen (secondary N) is 1. The number of nitrogens with zero attached hydrogens (tertiary/aromatic N) is 5. The highest BCUT2D eigenvalue weighted by atomic mass is 32.2. The number of anilines is 1. The van der Waals surface area contributed by atoms with E-state index in [0.29, 0.717) is 17.3 Å². The fourth-order valence-electron chi connectivity index (χ4n) is 2.17. The van der Waals surface area contributed by atoms with E-state index in [1.54, 1.807) is 30.4 Å². The number of pyridine rings is 2. The van der Waals surface area contributed by atoms with Gasteiger partial charge in [0.15, 0.2) is 5.16 Å². The van der Waals surface area contributed by atoms with Gasteiger partial charge in [-0.1, -0.05) is 24.8 Å². The molecule has 128 valence electrons. The second-order valence-electron chi connectivity index (χ2n) is 5.38. The van der Waals surface area contributed by atoms with E-state index in [9.17, 15) is 4.79 Å². The molecule has 0 radical (unpaired) electrons. The van der Waals surface area contributed by atoms with Gasteiger partial charge in [-0.2, -0.15) is 0 Å². The van der Waals surface area contributed by atoms with Gasteiger partial charge in [0.2, 0.25) is 0 Å². The maximum atomic E-state index is 12.3. The standard InChI is InChI=1S/C17H18N6OS/c1-3-13-5-4-6-14(20-13)16(24)21-15-9-12(7-8-18-15)10-25-17-22-19-11-23(17)2/h4-9,11H,3,10H2,1-2H3,(H,18,21,24). The first kappa shape index (κ1) is 17.1. The summed E-state index contributed by atoms with van der Waals surface area (Å²) in [6, 6.07) is 9.20. The molecule has 3 aromatic rings. The molecular weight excluding hydrogens is 336 g/mol. The summed E-state index contributed by atoms with van der Waals surface area (Å²) in [4.78, 5) is 20.9. The third kappa shape index (κ3) is 4.42. The van der Waals surface area contributed by atoms with E-state index in [1.165, 1.54) is 0 Å². The van der Waals surface area contributed by atoms with E-state index in [1.807, 2.05) is 42.8 Å². The number of aryl methyl sites for hydroxylation is 2. The Kier molecular flexibility index (Phi) is 5.39. The maximum absolute atomic E-state index is 12.3. The Hall–Kier alpha value is -2.74. The van der Waals surface area contributed by atoms with Crippen LogP contribution in [0.15, 0.2) is 48.0 Å². The second-order valence-corrected chi connectivity index (χ2v) is 6.33. The quantitative estimate of drug-likeness (QED) is 0.685. The molecule has 3 rings (SSSR count). The molecule has 1 N–H and O–H groups in total. The van der Waals surface area contributed by atoms with E-state index in [-0.39, 0.29) is 5.91 Å². The van der Waals surface area contributed by atoms with Crippen molar-refractivity contribution in [2.75, 3.05) is 5.32 Å². The van der Waals surface area contributed by atoms with Crippen LogP contribution in [0.5, 0.6) is 0 Å². The van der Waals surface area contributed by atoms with Crippen molar-refractivity contribution in [3.63, 3.8) is 0 Å². The van der Waals surface area contributed by atoms with Gasteiger partial charge in [-0.25, -0.2) is 9.97 Å². The Labute approximate surface area is 149 Å². The Balaban J connectivity index is 1.66. The number of rotatable bonds is 6. The van der Waals surface area contributed by atoms with Crippen molar-refractivity contribution in [1.82, 2.24) is 24.7 Å². The van der Waals surface area contributed by atoms with Gasteiger partial charge in [0.05, 0.1) is 0 Å². The highest BCUT2D eigenvalue weighted by molar-refractivity contribution is 7.98. The number of amides is 1. The fourth-order valence-corrected chi connectivity index (χ4v) is 3.00. The molecule has 0 fully saturated rings. The second kappa shape index (κ2) is 7.89. The molecule has 7 nitrogen and oxygen atoms in total. The fraction of sp³-hybridized carbons (Fsp3) is 0.235. The summed E-state index contributed by atoms with van der Waals surface area (Å²) in [6.07, 6.45) is 4.13. The smallest absolute Gasteiger partial charge is 0.275 e. The summed E-state index contributed by atoms with van der Waals surface area (Å²) in [5.41, 5.74) is 2.31. The van der Waals surface area contributed by atoms with Gasteiger partial charge in [0, 0.05) is 24.7 Å². The summed E-state index contributed by atoms with van der Waals surface area (Å²) >= 11 is 1.57. The minimum atomic E-state index is -0.263. The van der Waals surface area contributed by atoms with Crippen LogP contribution in [0.2, 0.25) is 0 Å². The van der Waals surface area contributed by atoms with Crippen molar-refractivity contribution in [3.05, 3.63) is 59.8 Å². The van der Waals surface area contributed by atoms with Gasteiger partial charge in [-0.15, -0.1) is 10.2 Å². The maximum Gasteiger partial charge on any atom is 0.275 e. The largest absolute Gasteiger partial charge is 0.312 e. The van der Waals surface area contributed by atoms with Crippen molar-refractivity contribution in [2.45, 2.75) is 24.3 Å². The van der Waals surface area contributed by atoms with Crippen LogP contribution in [0.3, 0.4) is 0 Å². The van der Waals surface area contributed by atoms with Crippen LogP contribution < -0.4 is 5.32 Å². The van der Waals surface area contributed by atoms with E-state index in [0.717, 1.165) is 22.8 Å². The summed E-state index contributed by atoms with van der Waals surface area (Å²) in [7, 11) is 1.90. The average molecular weight is 354 g/mol. The first-order valence-electron chi connectivity index (χ1n) is 7.84. The van der Waals surface area contributed by atoms with Crippen molar-refractivity contribution in [2.24, 2.45) is 7.05 Å². The van der Waals surface area contributed by atoms with E-state index in [2.05, 4.69) is 25.5 Å². The molecule has 0 aliphatic carbocycles. The molecule has 0 bridgehead atoms.